The van der Waals surface area contributed by atoms with Crippen molar-refractivity contribution in [3.8, 4) is 0 Å². The highest BCUT2D eigenvalue weighted by molar-refractivity contribution is 5.81. The van der Waals surface area contributed by atoms with Gasteiger partial charge in [0.05, 0.1) is 0 Å². The lowest BCUT2D eigenvalue weighted by Gasteiger charge is -2.21. The lowest BCUT2D eigenvalue weighted by molar-refractivity contribution is -0.134. The fraction of sp³-hybridized carbons (Fsp3) is 0.652. The largest absolute Gasteiger partial charge is 0.352 e. The van der Waals surface area contributed by atoms with Crippen molar-refractivity contribution in [2.24, 2.45) is 10.9 Å². The van der Waals surface area contributed by atoms with E-state index in [4.69, 9.17) is 0 Å². The molecular weight excluding hydrogens is 362 g/mol. The lowest BCUT2D eigenvalue weighted by atomic mass is 10.1. The van der Waals surface area contributed by atoms with E-state index in [2.05, 4.69) is 63.7 Å². The molecule has 1 amide bonds. The average Bonchev–Trinajstić information content (AvgIpc) is 3.43. The standard InChI is InChI=1S/C23H37N5O/c1-4-27(3)16-19-9-7-8-18(14-19)15-25-23(24-2)26-21-12-13-28(17-21)22(29)20-10-5-6-11-20/h7-9,14,20-21H,4-6,10-13,15-17H2,1-3H3,(H2,24,25,26). The highest BCUT2D eigenvalue weighted by atomic mass is 16.2. The minimum Gasteiger partial charge on any atom is -0.352 e. The molecule has 1 unspecified atom stereocenters. The predicted molar refractivity (Wildman–Crippen MR) is 119 cm³/mol. The van der Waals surface area contributed by atoms with E-state index in [-0.39, 0.29) is 12.0 Å². The molecule has 1 aromatic carbocycles. The van der Waals surface area contributed by atoms with Crippen LogP contribution in [0.2, 0.25) is 0 Å². The van der Waals surface area contributed by atoms with E-state index in [1.807, 2.05) is 0 Å². The molecule has 0 aromatic heterocycles. The number of hydrogen-bond donors (Lipinski definition) is 2. The van der Waals surface area contributed by atoms with E-state index in [9.17, 15) is 4.79 Å². The Morgan fingerprint density at radius 1 is 1.24 bits per heavy atom. The number of hydrogen-bond acceptors (Lipinski definition) is 3. The molecule has 2 aliphatic rings. The Morgan fingerprint density at radius 2 is 2.00 bits per heavy atom. The van der Waals surface area contributed by atoms with Crippen molar-refractivity contribution in [3.05, 3.63) is 35.4 Å². The van der Waals surface area contributed by atoms with Gasteiger partial charge in [0.15, 0.2) is 5.96 Å². The maximum atomic E-state index is 12.6. The second kappa shape index (κ2) is 10.6. The molecule has 1 aromatic rings. The molecule has 1 saturated heterocycles. The summed E-state index contributed by atoms with van der Waals surface area (Å²) in [7, 11) is 3.94. The zero-order chi connectivity index (χ0) is 20.6. The van der Waals surface area contributed by atoms with Crippen LogP contribution in [0.3, 0.4) is 0 Å². The number of nitrogens with one attached hydrogen (secondary N) is 2. The third-order valence-corrected chi connectivity index (χ3v) is 6.21. The van der Waals surface area contributed by atoms with Crippen LogP contribution in [0.4, 0.5) is 0 Å². The fourth-order valence-corrected chi connectivity index (χ4v) is 4.34. The molecule has 6 heteroatoms. The van der Waals surface area contributed by atoms with E-state index in [0.29, 0.717) is 5.91 Å². The fourth-order valence-electron chi connectivity index (χ4n) is 4.34. The number of nitrogens with zero attached hydrogens (tertiary/aromatic N) is 3. The van der Waals surface area contributed by atoms with E-state index in [1.165, 1.54) is 24.0 Å². The Bertz CT molecular complexity index is 698. The molecule has 3 rings (SSSR count). The molecule has 0 radical (unpaired) electrons. The summed E-state index contributed by atoms with van der Waals surface area (Å²) < 4.78 is 0. The topological polar surface area (TPSA) is 60.0 Å². The van der Waals surface area contributed by atoms with E-state index < -0.39 is 0 Å². The number of aliphatic imine (C=N–C) groups is 1. The van der Waals surface area contributed by atoms with Gasteiger partial charge in [0, 0.05) is 45.2 Å². The van der Waals surface area contributed by atoms with Crippen molar-refractivity contribution >= 4 is 11.9 Å². The molecule has 1 aliphatic heterocycles. The molecule has 2 fully saturated rings. The van der Waals surface area contributed by atoms with Gasteiger partial charge in [-0.3, -0.25) is 9.79 Å². The molecule has 1 saturated carbocycles. The van der Waals surface area contributed by atoms with Crippen molar-refractivity contribution in [2.75, 3.05) is 33.7 Å². The van der Waals surface area contributed by atoms with Gasteiger partial charge in [0.25, 0.3) is 0 Å². The van der Waals surface area contributed by atoms with E-state index in [0.717, 1.165) is 57.9 Å². The normalized spacial score (nSPS) is 20.5. The average molecular weight is 400 g/mol. The molecule has 29 heavy (non-hydrogen) atoms. The Hall–Kier alpha value is -2.08. The summed E-state index contributed by atoms with van der Waals surface area (Å²) in [5.41, 5.74) is 2.58. The van der Waals surface area contributed by atoms with Crippen molar-refractivity contribution < 1.29 is 4.79 Å². The monoisotopic (exact) mass is 399 g/mol. The summed E-state index contributed by atoms with van der Waals surface area (Å²) in [6.45, 7) is 6.56. The summed E-state index contributed by atoms with van der Waals surface area (Å²) in [5.74, 6) is 1.44. The highest BCUT2D eigenvalue weighted by Crippen LogP contribution is 2.27. The van der Waals surface area contributed by atoms with Gasteiger partial charge in [-0.2, -0.15) is 0 Å². The van der Waals surface area contributed by atoms with Gasteiger partial charge in [-0.05, 0) is 44.0 Å². The maximum Gasteiger partial charge on any atom is 0.225 e. The van der Waals surface area contributed by atoms with Gasteiger partial charge in [-0.25, -0.2) is 0 Å². The SMILES string of the molecule is CCN(C)Cc1cccc(CNC(=NC)NC2CCN(C(=O)C3CCCC3)C2)c1. The highest BCUT2D eigenvalue weighted by Gasteiger charge is 2.32. The Kier molecular flexibility index (Phi) is 7.92. The Labute approximate surface area is 175 Å². The van der Waals surface area contributed by atoms with Gasteiger partial charge >= 0.3 is 0 Å². The quantitative estimate of drug-likeness (QED) is 0.547. The minimum absolute atomic E-state index is 0.269. The molecule has 1 aliphatic carbocycles. The van der Waals surface area contributed by atoms with Crippen LogP contribution in [-0.4, -0.2) is 61.4 Å². The van der Waals surface area contributed by atoms with Crippen LogP contribution in [0.25, 0.3) is 0 Å². The zero-order valence-electron chi connectivity index (χ0n) is 18.3. The third-order valence-electron chi connectivity index (χ3n) is 6.21. The second-order valence-electron chi connectivity index (χ2n) is 8.47. The minimum atomic E-state index is 0.269. The van der Waals surface area contributed by atoms with Crippen LogP contribution in [0.1, 0.15) is 50.2 Å². The van der Waals surface area contributed by atoms with Gasteiger partial charge in [0.2, 0.25) is 5.91 Å². The molecule has 1 heterocycles. The lowest BCUT2D eigenvalue weighted by Crippen LogP contribution is -2.45. The Balaban J connectivity index is 1.46. The first kappa shape index (κ1) is 21.6. The van der Waals surface area contributed by atoms with Crippen LogP contribution in [0.15, 0.2) is 29.3 Å². The summed E-state index contributed by atoms with van der Waals surface area (Å²) in [6, 6.07) is 8.97. The van der Waals surface area contributed by atoms with Crippen molar-refractivity contribution in [3.63, 3.8) is 0 Å². The predicted octanol–water partition coefficient (Wildman–Crippen LogP) is 2.59. The number of amides is 1. The number of likely N-dealkylation sites (tertiary alicyclic amines) is 1. The molecule has 2 N–H and O–H groups in total. The maximum absolute atomic E-state index is 12.6. The van der Waals surface area contributed by atoms with Crippen LogP contribution < -0.4 is 10.6 Å². The molecule has 0 spiro atoms. The van der Waals surface area contributed by atoms with Gasteiger partial charge in [-0.1, -0.05) is 44.0 Å². The Morgan fingerprint density at radius 3 is 2.72 bits per heavy atom. The van der Waals surface area contributed by atoms with E-state index >= 15 is 0 Å². The third kappa shape index (κ3) is 6.20. The number of rotatable bonds is 7. The molecule has 6 nitrogen and oxygen atoms in total. The van der Waals surface area contributed by atoms with Crippen LogP contribution in [0, 0.1) is 5.92 Å². The summed E-state index contributed by atoms with van der Waals surface area (Å²) in [5, 5.41) is 6.93. The molecule has 160 valence electrons. The molecule has 0 bridgehead atoms. The number of benzene rings is 1. The van der Waals surface area contributed by atoms with E-state index in [1.54, 1.807) is 7.05 Å². The van der Waals surface area contributed by atoms with Crippen LogP contribution >= 0.6 is 0 Å². The van der Waals surface area contributed by atoms with Crippen LogP contribution in [-0.2, 0) is 17.9 Å². The number of guanidine groups is 1. The second-order valence-corrected chi connectivity index (χ2v) is 8.47. The van der Waals surface area contributed by atoms with Crippen LogP contribution in [0.5, 0.6) is 0 Å². The van der Waals surface area contributed by atoms with Crippen molar-refractivity contribution in [1.29, 1.82) is 0 Å². The zero-order valence-corrected chi connectivity index (χ0v) is 18.3. The van der Waals surface area contributed by atoms with Crippen molar-refractivity contribution in [1.82, 2.24) is 20.4 Å². The molecule has 1 atom stereocenters. The van der Waals surface area contributed by atoms with Crippen molar-refractivity contribution in [2.45, 2.75) is 58.2 Å². The summed E-state index contributed by atoms with van der Waals surface area (Å²) >= 11 is 0. The smallest absolute Gasteiger partial charge is 0.225 e. The first-order valence-corrected chi connectivity index (χ1v) is 11.1. The first-order chi connectivity index (χ1) is 14.1. The molecular formula is C23H37N5O. The van der Waals surface area contributed by atoms with Gasteiger partial charge in [-0.15, -0.1) is 0 Å². The first-order valence-electron chi connectivity index (χ1n) is 11.1. The number of carbonyl (C=O) groups is 1. The van der Waals surface area contributed by atoms with Gasteiger partial charge in [0.1, 0.15) is 0 Å². The summed E-state index contributed by atoms with van der Waals surface area (Å²) in [4.78, 5) is 21.4. The summed E-state index contributed by atoms with van der Waals surface area (Å²) in [6.07, 6.45) is 5.54. The number of carbonyl (C=O) groups excluding carboxylic acids is 1. The van der Waals surface area contributed by atoms with Gasteiger partial charge < -0.3 is 20.4 Å².